The van der Waals surface area contributed by atoms with Crippen LogP contribution in [0.1, 0.15) is 18.4 Å². The Balaban J connectivity index is 1.51. The highest BCUT2D eigenvalue weighted by Crippen LogP contribution is 2.41. The van der Waals surface area contributed by atoms with Gasteiger partial charge in [0.05, 0.1) is 6.61 Å². The third kappa shape index (κ3) is 2.42. The van der Waals surface area contributed by atoms with E-state index in [2.05, 4.69) is 0 Å². The fraction of sp³-hybridized carbons (Fsp3) is 0.571. The number of nitrogens with two attached hydrogens (primary N) is 1. The summed E-state index contributed by atoms with van der Waals surface area (Å²) in [5.74, 6) is 0.638. The van der Waals surface area contributed by atoms with Crippen LogP contribution in [0.5, 0.6) is 0 Å². The summed E-state index contributed by atoms with van der Waals surface area (Å²) in [5.41, 5.74) is 7.16. The Morgan fingerprint density at radius 1 is 1.39 bits per heavy atom. The maximum Gasteiger partial charge on any atom is 0.216 e. The standard InChI is InChI=1S/C14H20N2O2/c15-14-6-12(7-14)8-16(10-14)13(17)18-9-11-4-2-1-3-5-11/h1-5,12-13,17H,6-10,15H2. The first-order valence-corrected chi connectivity index (χ1v) is 6.51. The Morgan fingerprint density at radius 3 is 2.78 bits per heavy atom. The third-order valence-corrected chi connectivity index (χ3v) is 3.96. The number of aliphatic hydroxyl groups is 1. The summed E-state index contributed by atoms with van der Waals surface area (Å²) < 4.78 is 5.51. The minimum absolute atomic E-state index is 0.0833. The van der Waals surface area contributed by atoms with Crippen LogP contribution in [-0.2, 0) is 11.3 Å². The second-order valence-corrected chi connectivity index (χ2v) is 5.69. The van der Waals surface area contributed by atoms with E-state index in [9.17, 15) is 5.11 Å². The molecule has 3 fully saturated rings. The van der Waals surface area contributed by atoms with Gasteiger partial charge < -0.3 is 15.6 Å². The zero-order chi connectivity index (χ0) is 12.6. The number of nitrogens with zero attached hydrogens (tertiary/aromatic N) is 1. The Labute approximate surface area is 107 Å². The Hall–Kier alpha value is -0.940. The molecule has 2 saturated heterocycles. The molecule has 3 aliphatic rings. The molecule has 3 N–H and O–H groups in total. The monoisotopic (exact) mass is 248 g/mol. The highest BCUT2D eigenvalue weighted by atomic mass is 16.6. The SMILES string of the molecule is NC12CC(CN(C(O)OCc3ccccc3)C1)C2. The van der Waals surface area contributed by atoms with E-state index in [-0.39, 0.29) is 5.54 Å². The number of fused-ring (bicyclic) bond motifs is 2. The lowest BCUT2D eigenvalue weighted by atomic mass is 9.65. The normalized spacial score (nSPS) is 32.9. The minimum Gasteiger partial charge on any atom is -0.356 e. The Bertz CT molecular complexity index is 404. The fourth-order valence-electron chi connectivity index (χ4n) is 3.17. The summed E-state index contributed by atoms with van der Waals surface area (Å²) in [4.78, 5) is 1.95. The second kappa shape index (κ2) is 4.63. The van der Waals surface area contributed by atoms with E-state index in [1.54, 1.807) is 0 Å². The summed E-state index contributed by atoms with van der Waals surface area (Å²) in [6, 6.07) is 9.89. The van der Waals surface area contributed by atoms with Gasteiger partial charge in [-0.3, -0.25) is 4.90 Å². The van der Waals surface area contributed by atoms with Crippen LogP contribution in [-0.4, -0.2) is 35.0 Å². The molecule has 1 aromatic carbocycles. The van der Waals surface area contributed by atoms with Crippen molar-refractivity contribution in [1.82, 2.24) is 4.90 Å². The molecular weight excluding hydrogens is 228 g/mol. The van der Waals surface area contributed by atoms with Crippen LogP contribution in [0.15, 0.2) is 30.3 Å². The van der Waals surface area contributed by atoms with Gasteiger partial charge in [-0.15, -0.1) is 0 Å². The molecule has 4 nitrogen and oxygen atoms in total. The summed E-state index contributed by atoms with van der Waals surface area (Å²) in [6.07, 6.45) is 1.35. The van der Waals surface area contributed by atoms with Gasteiger partial charge in [0.2, 0.25) is 6.41 Å². The number of rotatable bonds is 4. The predicted octanol–water partition coefficient (Wildman–Crippen LogP) is 0.902. The van der Waals surface area contributed by atoms with Crippen LogP contribution in [0.2, 0.25) is 0 Å². The molecule has 0 radical (unpaired) electrons. The number of benzene rings is 1. The summed E-state index contributed by atoms with van der Waals surface area (Å²) in [5, 5.41) is 10.0. The van der Waals surface area contributed by atoms with Crippen molar-refractivity contribution >= 4 is 0 Å². The summed E-state index contributed by atoms with van der Waals surface area (Å²) in [6.45, 7) is 2.06. The molecule has 1 saturated carbocycles. The Morgan fingerprint density at radius 2 is 2.11 bits per heavy atom. The number of piperidine rings is 2. The average molecular weight is 248 g/mol. The fourth-order valence-corrected chi connectivity index (χ4v) is 3.17. The summed E-state index contributed by atoms with van der Waals surface area (Å²) >= 11 is 0. The largest absolute Gasteiger partial charge is 0.356 e. The molecular formula is C14H20N2O2. The van der Waals surface area contributed by atoms with Crippen LogP contribution < -0.4 is 5.73 Å². The molecule has 1 unspecified atom stereocenters. The van der Waals surface area contributed by atoms with Crippen molar-refractivity contribution < 1.29 is 9.84 Å². The number of aliphatic hydroxyl groups excluding tert-OH is 1. The number of hydrogen-bond acceptors (Lipinski definition) is 4. The molecule has 0 spiro atoms. The first-order valence-electron chi connectivity index (χ1n) is 6.51. The van der Waals surface area contributed by atoms with Crippen LogP contribution >= 0.6 is 0 Å². The second-order valence-electron chi connectivity index (χ2n) is 5.69. The van der Waals surface area contributed by atoms with Gasteiger partial charge in [-0.05, 0) is 24.3 Å². The van der Waals surface area contributed by atoms with Crippen LogP contribution in [0, 0.1) is 5.92 Å². The van der Waals surface area contributed by atoms with Gasteiger partial charge in [0, 0.05) is 18.6 Å². The van der Waals surface area contributed by atoms with Crippen LogP contribution in [0.4, 0.5) is 0 Å². The molecule has 4 heteroatoms. The van der Waals surface area contributed by atoms with Crippen molar-refractivity contribution in [1.29, 1.82) is 0 Å². The molecule has 0 amide bonds. The van der Waals surface area contributed by atoms with E-state index in [0.29, 0.717) is 12.5 Å². The zero-order valence-electron chi connectivity index (χ0n) is 10.5. The molecule has 18 heavy (non-hydrogen) atoms. The van der Waals surface area contributed by atoms with Crippen molar-refractivity contribution in [3.8, 4) is 0 Å². The zero-order valence-corrected chi connectivity index (χ0v) is 10.5. The van der Waals surface area contributed by atoms with Gasteiger partial charge in [-0.2, -0.15) is 0 Å². The molecule has 98 valence electrons. The highest BCUT2D eigenvalue weighted by Gasteiger charge is 2.48. The van der Waals surface area contributed by atoms with Gasteiger partial charge in [0.15, 0.2) is 0 Å². The molecule has 1 atom stereocenters. The van der Waals surface area contributed by atoms with Crippen molar-refractivity contribution in [2.24, 2.45) is 11.7 Å². The molecule has 0 aromatic heterocycles. The van der Waals surface area contributed by atoms with E-state index in [0.717, 1.165) is 31.5 Å². The average Bonchev–Trinajstić information content (AvgIpc) is 2.35. The minimum atomic E-state index is -0.837. The lowest BCUT2D eigenvalue weighted by Crippen LogP contribution is -2.67. The third-order valence-electron chi connectivity index (χ3n) is 3.96. The van der Waals surface area contributed by atoms with Gasteiger partial charge >= 0.3 is 0 Å². The van der Waals surface area contributed by atoms with Gasteiger partial charge in [-0.25, -0.2) is 0 Å². The number of hydrogen-bond donors (Lipinski definition) is 2. The predicted molar refractivity (Wildman–Crippen MR) is 68.5 cm³/mol. The Kier molecular flexibility index (Phi) is 3.11. The van der Waals surface area contributed by atoms with E-state index >= 15 is 0 Å². The quantitative estimate of drug-likeness (QED) is 0.777. The van der Waals surface area contributed by atoms with E-state index < -0.39 is 6.41 Å². The molecule has 1 aliphatic carbocycles. The lowest BCUT2D eigenvalue weighted by Gasteiger charge is -2.55. The molecule has 2 aliphatic heterocycles. The van der Waals surface area contributed by atoms with Crippen molar-refractivity contribution in [3.63, 3.8) is 0 Å². The topological polar surface area (TPSA) is 58.7 Å². The lowest BCUT2D eigenvalue weighted by molar-refractivity contribution is -0.227. The molecule has 4 rings (SSSR count). The first-order chi connectivity index (χ1) is 8.65. The number of ether oxygens (including phenoxy) is 1. The van der Waals surface area contributed by atoms with Gasteiger partial charge in [0.25, 0.3) is 0 Å². The van der Waals surface area contributed by atoms with Gasteiger partial charge in [0.1, 0.15) is 0 Å². The first kappa shape index (κ1) is 12.1. The van der Waals surface area contributed by atoms with Crippen LogP contribution in [0.3, 0.4) is 0 Å². The maximum absolute atomic E-state index is 10.0. The highest BCUT2D eigenvalue weighted by molar-refractivity contribution is 5.13. The van der Waals surface area contributed by atoms with E-state index in [4.69, 9.17) is 10.5 Å². The smallest absolute Gasteiger partial charge is 0.216 e. The van der Waals surface area contributed by atoms with Crippen molar-refractivity contribution in [3.05, 3.63) is 35.9 Å². The van der Waals surface area contributed by atoms with Crippen molar-refractivity contribution in [2.75, 3.05) is 13.1 Å². The van der Waals surface area contributed by atoms with Gasteiger partial charge in [-0.1, -0.05) is 30.3 Å². The van der Waals surface area contributed by atoms with Crippen molar-refractivity contribution in [2.45, 2.75) is 31.4 Å². The molecule has 2 bridgehead atoms. The van der Waals surface area contributed by atoms with Crippen LogP contribution in [0.25, 0.3) is 0 Å². The summed E-state index contributed by atoms with van der Waals surface area (Å²) in [7, 11) is 0. The molecule has 2 heterocycles. The van der Waals surface area contributed by atoms with E-state index in [1.165, 1.54) is 0 Å². The maximum atomic E-state index is 10.0. The molecule has 1 aromatic rings. The van der Waals surface area contributed by atoms with E-state index in [1.807, 2.05) is 35.2 Å².